The molecule has 0 saturated carbocycles. The lowest BCUT2D eigenvalue weighted by atomic mass is 10.1. The molecule has 0 bridgehead atoms. The van der Waals surface area contributed by atoms with E-state index in [2.05, 4.69) is 5.32 Å². The van der Waals surface area contributed by atoms with Crippen molar-refractivity contribution in [1.82, 2.24) is 0 Å². The van der Waals surface area contributed by atoms with Gasteiger partial charge in [-0.2, -0.15) is 0 Å². The van der Waals surface area contributed by atoms with E-state index in [1.165, 1.54) is 0 Å². The first-order valence-corrected chi connectivity index (χ1v) is 9.64. The van der Waals surface area contributed by atoms with Crippen LogP contribution < -0.4 is 15.0 Å². The Labute approximate surface area is 157 Å². The first-order chi connectivity index (χ1) is 12.6. The summed E-state index contributed by atoms with van der Waals surface area (Å²) in [7, 11) is 1.62. The lowest BCUT2D eigenvalue weighted by Crippen LogP contribution is -2.27. The van der Waals surface area contributed by atoms with Crippen molar-refractivity contribution in [2.45, 2.75) is 25.1 Å². The Kier molecular flexibility index (Phi) is 5.83. The van der Waals surface area contributed by atoms with Crippen LogP contribution in [0.15, 0.2) is 48.5 Å². The van der Waals surface area contributed by atoms with Crippen molar-refractivity contribution in [1.29, 1.82) is 0 Å². The highest BCUT2D eigenvalue weighted by Crippen LogP contribution is 2.42. The number of ether oxygens (including phenoxy) is 1. The number of nitrogens with zero attached hydrogens (tertiary/aromatic N) is 1. The van der Waals surface area contributed by atoms with Gasteiger partial charge in [-0.05, 0) is 48.4 Å². The van der Waals surface area contributed by atoms with E-state index in [0.717, 1.165) is 29.1 Å². The number of thioether (sulfide) groups is 1. The number of nitrogens with one attached hydrogen (secondary N) is 1. The number of carbonyl (C=O) groups is 2. The standard InChI is InChI=1S/C20H22N2O3S/c1-3-5-18(23)21-15-7-4-6-14(12-15)20-22(19(24)13-26-20)16-8-10-17(25-2)11-9-16/h4,6-12,20H,3,5,13H2,1-2H3,(H,21,23)/t20-/m1/s1. The molecule has 2 amide bonds. The first-order valence-electron chi connectivity index (χ1n) is 8.60. The summed E-state index contributed by atoms with van der Waals surface area (Å²) in [6.45, 7) is 1.98. The molecule has 2 aromatic carbocycles. The minimum atomic E-state index is -0.112. The molecule has 0 unspecified atom stereocenters. The topological polar surface area (TPSA) is 58.6 Å². The van der Waals surface area contributed by atoms with Crippen LogP contribution >= 0.6 is 11.8 Å². The van der Waals surface area contributed by atoms with Crippen LogP contribution in [0, 0.1) is 0 Å². The van der Waals surface area contributed by atoms with Gasteiger partial charge < -0.3 is 10.1 Å². The lowest BCUT2D eigenvalue weighted by molar-refractivity contribution is -0.116. The smallest absolute Gasteiger partial charge is 0.238 e. The zero-order valence-electron chi connectivity index (χ0n) is 14.9. The fraction of sp³-hybridized carbons (Fsp3) is 0.300. The largest absolute Gasteiger partial charge is 0.497 e. The lowest BCUT2D eigenvalue weighted by Gasteiger charge is -2.25. The van der Waals surface area contributed by atoms with Gasteiger partial charge in [0.05, 0.1) is 12.9 Å². The molecule has 1 saturated heterocycles. The highest BCUT2D eigenvalue weighted by Gasteiger charge is 2.34. The van der Waals surface area contributed by atoms with Gasteiger partial charge in [0.1, 0.15) is 11.1 Å². The Morgan fingerprint density at radius 3 is 2.73 bits per heavy atom. The molecule has 1 N–H and O–H groups in total. The number of hydrogen-bond acceptors (Lipinski definition) is 4. The Balaban J connectivity index is 1.84. The number of hydrogen-bond donors (Lipinski definition) is 1. The highest BCUT2D eigenvalue weighted by atomic mass is 32.2. The van der Waals surface area contributed by atoms with E-state index >= 15 is 0 Å². The van der Waals surface area contributed by atoms with Gasteiger partial charge in [-0.1, -0.05) is 19.1 Å². The number of carbonyl (C=O) groups excluding carboxylic acids is 2. The SMILES string of the molecule is CCCC(=O)Nc1cccc([C@H]2SCC(=O)N2c2ccc(OC)cc2)c1. The number of amides is 2. The summed E-state index contributed by atoms with van der Waals surface area (Å²) < 4.78 is 5.19. The average molecular weight is 370 g/mol. The molecule has 1 aliphatic rings. The van der Waals surface area contributed by atoms with Crippen LogP contribution in [0.4, 0.5) is 11.4 Å². The molecule has 0 aromatic heterocycles. The van der Waals surface area contributed by atoms with E-state index in [0.29, 0.717) is 12.2 Å². The summed E-state index contributed by atoms with van der Waals surface area (Å²) in [5.41, 5.74) is 2.59. The molecule has 1 aliphatic heterocycles. The van der Waals surface area contributed by atoms with Crippen LogP contribution in [0.2, 0.25) is 0 Å². The summed E-state index contributed by atoms with van der Waals surface area (Å²) in [5.74, 6) is 1.27. The van der Waals surface area contributed by atoms with Gasteiger partial charge >= 0.3 is 0 Å². The quantitative estimate of drug-likeness (QED) is 0.827. The summed E-state index contributed by atoms with van der Waals surface area (Å²) in [5, 5.41) is 2.81. The van der Waals surface area contributed by atoms with E-state index in [1.54, 1.807) is 23.8 Å². The normalized spacial score (nSPS) is 16.6. The molecule has 2 aromatic rings. The number of methoxy groups -OCH3 is 1. The maximum absolute atomic E-state index is 12.5. The van der Waals surface area contributed by atoms with Gasteiger partial charge in [0, 0.05) is 17.8 Å². The maximum atomic E-state index is 12.5. The third-order valence-corrected chi connectivity index (χ3v) is 5.36. The first kappa shape index (κ1) is 18.3. The van der Waals surface area contributed by atoms with Crippen molar-refractivity contribution >= 4 is 35.0 Å². The summed E-state index contributed by atoms with van der Waals surface area (Å²) >= 11 is 1.59. The van der Waals surface area contributed by atoms with Crippen molar-refractivity contribution in [3.05, 3.63) is 54.1 Å². The van der Waals surface area contributed by atoms with Crippen LogP contribution in [0.25, 0.3) is 0 Å². The average Bonchev–Trinajstić information content (AvgIpc) is 3.04. The van der Waals surface area contributed by atoms with Gasteiger partial charge in [0.2, 0.25) is 11.8 Å². The molecule has 1 atom stereocenters. The summed E-state index contributed by atoms with van der Waals surface area (Å²) in [4.78, 5) is 26.1. The van der Waals surface area contributed by atoms with Gasteiger partial charge in [0.25, 0.3) is 0 Å². The molecule has 5 nitrogen and oxygen atoms in total. The van der Waals surface area contributed by atoms with Gasteiger partial charge in [0.15, 0.2) is 0 Å². The maximum Gasteiger partial charge on any atom is 0.238 e. The number of anilines is 2. The number of benzene rings is 2. The fourth-order valence-electron chi connectivity index (χ4n) is 2.91. The third-order valence-electron chi connectivity index (χ3n) is 4.15. The predicted molar refractivity (Wildman–Crippen MR) is 106 cm³/mol. The third kappa shape index (κ3) is 4.02. The van der Waals surface area contributed by atoms with Crippen LogP contribution in [-0.2, 0) is 9.59 Å². The Hall–Kier alpha value is -2.47. The Morgan fingerprint density at radius 1 is 1.27 bits per heavy atom. The minimum Gasteiger partial charge on any atom is -0.497 e. The monoisotopic (exact) mass is 370 g/mol. The van der Waals surface area contributed by atoms with Crippen molar-refractivity contribution in [2.75, 3.05) is 23.1 Å². The van der Waals surface area contributed by atoms with Crippen molar-refractivity contribution < 1.29 is 14.3 Å². The van der Waals surface area contributed by atoms with Gasteiger partial charge in [-0.15, -0.1) is 11.8 Å². The molecule has 136 valence electrons. The van der Waals surface area contributed by atoms with E-state index in [-0.39, 0.29) is 17.2 Å². The molecule has 0 aliphatic carbocycles. The highest BCUT2D eigenvalue weighted by molar-refractivity contribution is 8.00. The molecular formula is C20H22N2O3S. The Bertz CT molecular complexity index is 792. The second-order valence-electron chi connectivity index (χ2n) is 6.05. The van der Waals surface area contributed by atoms with Crippen LogP contribution in [-0.4, -0.2) is 24.7 Å². The molecule has 3 rings (SSSR count). The molecular weight excluding hydrogens is 348 g/mol. The zero-order valence-corrected chi connectivity index (χ0v) is 15.7. The summed E-state index contributed by atoms with van der Waals surface area (Å²) in [6, 6.07) is 15.2. The van der Waals surface area contributed by atoms with Gasteiger partial charge in [-0.25, -0.2) is 0 Å². The van der Waals surface area contributed by atoms with Crippen molar-refractivity contribution in [3.8, 4) is 5.75 Å². The molecule has 0 radical (unpaired) electrons. The van der Waals surface area contributed by atoms with E-state index < -0.39 is 0 Å². The summed E-state index contributed by atoms with van der Waals surface area (Å²) in [6.07, 6.45) is 1.31. The van der Waals surface area contributed by atoms with Crippen molar-refractivity contribution in [2.24, 2.45) is 0 Å². The van der Waals surface area contributed by atoms with E-state index in [4.69, 9.17) is 4.74 Å². The molecule has 0 spiro atoms. The van der Waals surface area contributed by atoms with E-state index in [9.17, 15) is 9.59 Å². The molecule has 6 heteroatoms. The molecule has 26 heavy (non-hydrogen) atoms. The van der Waals surface area contributed by atoms with Crippen molar-refractivity contribution in [3.63, 3.8) is 0 Å². The number of rotatable bonds is 6. The molecule has 1 fully saturated rings. The zero-order chi connectivity index (χ0) is 18.5. The predicted octanol–water partition coefficient (Wildman–Crippen LogP) is 4.21. The van der Waals surface area contributed by atoms with Crippen LogP contribution in [0.1, 0.15) is 30.7 Å². The van der Waals surface area contributed by atoms with E-state index in [1.807, 2.05) is 55.5 Å². The van der Waals surface area contributed by atoms with Gasteiger partial charge in [-0.3, -0.25) is 14.5 Å². The minimum absolute atomic E-state index is 0.00631. The Morgan fingerprint density at radius 2 is 2.04 bits per heavy atom. The van der Waals surface area contributed by atoms with Crippen LogP contribution in [0.5, 0.6) is 5.75 Å². The second kappa shape index (κ2) is 8.27. The molecule has 1 heterocycles. The second-order valence-corrected chi connectivity index (χ2v) is 7.12. The fourth-order valence-corrected chi connectivity index (χ4v) is 4.08. The van der Waals surface area contributed by atoms with Crippen LogP contribution in [0.3, 0.4) is 0 Å².